The molecule has 0 bridgehead atoms. The highest BCUT2D eigenvalue weighted by molar-refractivity contribution is 5.94. The molecular formula is C18H22N4O2. The Morgan fingerprint density at radius 2 is 2.04 bits per heavy atom. The number of rotatable bonds is 4. The van der Waals surface area contributed by atoms with Gasteiger partial charge >= 0.3 is 0 Å². The summed E-state index contributed by atoms with van der Waals surface area (Å²) in [7, 11) is 1.62. The summed E-state index contributed by atoms with van der Waals surface area (Å²) in [6, 6.07) is 10.9. The van der Waals surface area contributed by atoms with Crippen LogP contribution in [0.25, 0.3) is 0 Å². The molecule has 1 atom stereocenters. The van der Waals surface area contributed by atoms with Gasteiger partial charge in [-0.15, -0.1) is 5.10 Å². The summed E-state index contributed by atoms with van der Waals surface area (Å²) in [5.74, 6) is 1.66. The lowest BCUT2D eigenvalue weighted by atomic mass is 9.93. The number of hydrogen-bond acceptors (Lipinski definition) is 5. The molecule has 2 heterocycles. The number of nitrogen functional groups attached to an aromatic ring is 1. The number of amides is 1. The van der Waals surface area contributed by atoms with E-state index in [9.17, 15) is 4.79 Å². The smallest absolute Gasteiger partial charge is 0.253 e. The van der Waals surface area contributed by atoms with E-state index >= 15 is 0 Å². The van der Waals surface area contributed by atoms with Crippen molar-refractivity contribution in [1.29, 1.82) is 0 Å². The summed E-state index contributed by atoms with van der Waals surface area (Å²) in [6.07, 6.45) is 2.92. The summed E-state index contributed by atoms with van der Waals surface area (Å²) in [5, 5.41) is 8.03. The SMILES string of the molecule is COc1ccc(C(=O)N2CCCC(Cc3ccc(N)nn3)C2)cc1. The van der Waals surface area contributed by atoms with Crippen LogP contribution in [0.1, 0.15) is 28.9 Å². The highest BCUT2D eigenvalue weighted by atomic mass is 16.5. The van der Waals surface area contributed by atoms with Gasteiger partial charge in [0, 0.05) is 18.7 Å². The third-order valence-corrected chi connectivity index (χ3v) is 4.38. The Morgan fingerprint density at radius 1 is 1.25 bits per heavy atom. The van der Waals surface area contributed by atoms with Gasteiger partial charge in [0.05, 0.1) is 12.8 Å². The maximum atomic E-state index is 12.7. The second kappa shape index (κ2) is 7.29. The molecule has 1 aliphatic heterocycles. The minimum Gasteiger partial charge on any atom is -0.497 e. The van der Waals surface area contributed by atoms with Crippen LogP contribution >= 0.6 is 0 Å². The molecule has 0 aliphatic carbocycles. The monoisotopic (exact) mass is 326 g/mol. The number of carbonyl (C=O) groups excluding carboxylic acids is 1. The van der Waals surface area contributed by atoms with Crippen LogP contribution in [0.5, 0.6) is 5.75 Å². The zero-order valence-corrected chi connectivity index (χ0v) is 13.8. The van der Waals surface area contributed by atoms with Gasteiger partial charge in [-0.1, -0.05) is 0 Å². The molecule has 6 heteroatoms. The average molecular weight is 326 g/mol. The Bertz CT molecular complexity index is 685. The van der Waals surface area contributed by atoms with E-state index in [0.29, 0.717) is 17.3 Å². The first-order chi connectivity index (χ1) is 11.7. The number of aromatic nitrogens is 2. The van der Waals surface area contributed by atoms with Crippen molar-refractivity contribution in [1.82, 2.24) is 15.1 Å². The molecule has 0 spiro atoms. The molecule has 1 amide bonds. The maximum absolute atomic E-state index is 12.7. The first-order valence-corrected chi connectivity index (χ1v) is 8.17. The van der Waals surface area contributed by atoms with E-state index in [0.717, 1.165) is 43.8 Å². The van der Waals surface area contributed by atoms with Crippen molar-refractivity contribution in [3.05, 3.63) is 47.7 Å². The van der Waals surface area contributed by atoms with Gasteiger partial charge in [-0.3, -0.25) is 4.79 Å². The van der Waals surface area contributed by atoms with Crippen molar-refractivity contribution >= 4 is 11.7 Å². The minimum atomic E-state index is 0.0748. The predicted octanol–water partition coefficient (Wildman–Crippen LogP) is 2.16. The number of benzene rings is 1. The van der Waals surface area contributed by atoms with Gasteiger partial charge in [-0.2, -0.15) is 5.10 Å². The molecule has 1 aromatic carbocycles. The largest absolute Gasteiger partial charge is 0.497 e. The topological polar surface area (TPSA) is 81.3 Å². The molecule has 6 nitrogen and oxygen atoms in total. The number of piperidine rings is 1. The standard InChI is InChI=1S/C18H22N4O2/c1-24-16-7-4-14(5-8-16)18(23)22-10-2-3-13(12-22)11-15-6-9-17(19)21-20-15/h4-9,13H,2-3,10-12H2,1H3,(H2,19,21). The molecule has 2 N–H and O–H groups in total. The minimum absolute atomic E-state index is 0.0748. The fourth-order valence-corrected chi connectivity index (χ4v) is 3.11. The molecule has 2 aromatic rings. The molecule has 1 aliphatic rings. The molecule has 0 radical (unpaired) electrons. The number of anilines is 1. The predicted molar refractivity (Wildman–Crippen MR) is 91.8 cm³/mol. The Kier molecular flexibility index (Phi) is 4.93. The Hall–Kier alpha value is -2.63. The fraction of sp³-hybridized carbons (Fsp3) is 0.389. The van der Waals surface area contributed by atoms with Gasteiger partial charge in [0.15, 0.2) is 0 Å². The highest BCUT2D eigenvalue weighted by Gasteiger charge is 2.25. The lowest BCUT2D eigenvalue weighted by Gasteiger charge is -2.32. The van der Waals surface area contributed by atoms with Gasteiger partial charge < -0.3 is 15.4 Å². The van der Waals surface area contributed by atoms with E-state index in [4.69, 9.17) is 10.5 Å². The Morgan fingerprint density at radius 3 is 2.71 bits per heavy atom. The number of hydrogen-bond donors (Lipinski definition) is 1. The zero-order chi connectivity index (χ0) is 16.9. The summed E-state index contributed by atoms with van der Waals surface area (Å²) in [4.78, 5) is 14.6. The first-order valence-electron chi connectivity index (χ1n) is 8.17. The molecule has 1 unspecified atom stereocenters. The normalized spacial score (nSPS) is 17.5. The average Bonchev–Trinajstić information content (AvgIpc) is 2.63. The van der Waals surface area contributed by atoms with Crippen LogP contribution in [0.15, 0.2) is 36.4 Å². The molecule has 24 heavy (non-hydrogen) atoms. The highest BCUT2D eigenvalue weighted by Crippen LogP contribution is 2.22. The van der Waals surface area contributed by atoms with Gasteiger partial charge in [0.1, 0.15) is 11.6 Å². The van der Waals surface area contributed by atoms with E-state index in [-0.39, 0.29) is 5.91 Å². The van der Waals surface area contributed by atoms with Crippen molar-refractivity contribution in [2.45, 2.75) is 19.3 Å². The number of likely N-dealkylation sites (tertiary alicyclic amines) is 1. The summed E-state index contributed by atoms with van der Waals surface area (Å²) >= 11 is 0. The summed E-state index contributed by atoms with van der Waals surface area (Å²) in [5.41, 5.74) is 7.19. The Labute approximate surface area is 141 Å². The van der Waals surface area contributed by atoms with Crippen LogP contribution in [0, 0.1) is 5.92 Å². The second-order valence-corrected chi connectivity index (χ2v) is 6.14. The van der Waals surface area contributed by atoms with Crippen LogP contribution in [0.4, 0.5) is 5.82 Å². The number of nitrogens with two attached hydrogens (primary N) is 1. The third-order valence-electron chi connectivity index (χ3n) is 4.38. The van der Waals surface area contributed by atoms with Crippen molar-refractivity contribution in [2.24, 2.45) is 5.92 Å². The van der Waals surface area contributed by atoms with E-state index in [1.807, 2.05) is 35.2 Å². The van der Waals surface area contributed by atoms with Crippen molar-refractivity contribution in [3.8, 4) is 5.75 Å². The van der Waals surface area contributed by atoms with E-state index < -0.39 is 0 Å². The van der Waals surface area contributed by atoms with Gasteiger partial charge in [-0.25, -0.2) is 0 Å². The molecule has 1 fully saturated rings. The third kappa shape index (κ3) is 3.82. The summed E-state index contributed by atoms with van der Waals surface area (Å²) in [6.45, 7) is 1.55. The lowest BCUT2D eigenvalue weighted by molar-refractivity contribution is 0.0672. The number of methoxy groups -OCH3 is 1. The van der Waals surface area contributed by atoms with Crippen LogP contribution < -0.4 is 10.5 Å². The van der Waals surface area contributed by atoms with E-state index in [2.05, 4.69) is 10.2 Å². The number of ether oxygens (including phenoxy) is 1. The quantitative estimate of drug-likeness (QED) is 0.931. The number of carbonyl (C=O) groups is 1. The first kappa shape index (κ1) is 16.2. The number of nitrogens with zero attached hydrogens (tertiary/aromatic N) is 3. The van der Waals surface area contributed by atoms with Crippen LogP contribution in [-0.2, 0) is 6.42 Å². The van der Waals surface area contributed by atoms with Crippen LogP contribution in [-0.4, -0.2) is 41.2 Å². The maximum Gasteiger partial charge on any atom is 0.253 e. The van der Waals surface area contributed by atoms with E-state index in [1.54, 1.807) is 13.2 Å². The lowest BCUT2D eigenvalue weighted by Crippen LogP contribution is -2.40. The van der Waals surface area contributed by atoms with E-state index in [1.165, 1.54) is 0 Å². The van der Waals surface area contributed by atoms with Crippen molar-refractivity contribution in [2.75, 3.05) is 25.9 Å². The Balaban J connectivity index is 1.63. The summed E-state index contributed by atoms with van der Waals surface area (Å²) < 4.78 is 5.14. The fourth-order valence-electron chi connectivity index (χ4n) is 3.11. The van der Waals surface area contributed by atoms with Crippen LogP contribution in [0.2, 0.25) is 0 Å². The second-order valence-electron chi connectivity index (χ2n) is 6.14. The van der Waals surface area contributed by atoms with Gasteiger partial charge in [0.25, 0.3) is 5.91 Å². The van der Waals surface area contributed by atoms with Crippen molar-refractivity contribution in [3.63, 3.8) is 0 Å². The zero-order valence-electron chi connectivity index (χ0n) is 13.8. The molecule has 126 valence electrons. The molecule has 1 aromatic heterocycles. The van der Waals surface area contributed by atoms with Crippen molar-refractivity contribution < 1.29 is 9.53 Å². The molecular weight excluding hydrogens is 304 g/mol. The molecule has 0 saturated carbocycles. The molecule has 3 rings (SSSR count). The van der Waals surface area contributed by atoms with Gasteiger partial charge in [0.2, 0.25) is 0 Å². The van der Waals surface area contributed by atoms with Gasteiger partial charge in [-0.05, 0) is 61.6 Å². The van der Waals surface area contributed by atoms with Crippen LogP contribution in [0.3, 0.4) is 0 Å². The molecule has 1 saturated heterocycles.